The highest BCUT2D eigenvalue weighted by molar-refractivity contribution is 6.33. The van der Waals surface area contributed by atoms with Gasteiger partial charge in [-0.2, -0.15) is 0 Å². The summed E-state index contributed by atoms with van der Waals surface area (Å²) in [6.07, 6.45) is 0. The Morgan fingerprint density at radius 3 is 2.25 bits per heavy atom. The topological polar surface area (TPSA) is 12.0 Å². The first kappa shape index (κ1) is 13.8. The molecule has 1 aromatic carbocycles. The highest BCUT2D eigenvalue weighted by Crippen LogP contribution is 2.26. The summed E-state index contributed by atoms with van der Waals surface area (Å²) in [5, 5.41) is 5.01. The molecule has 0 aliphatic rings. The van der Waals surface area contributed by atoms with Gasteiger partial charge in [-0.25, -0.2) is 0 Å². The van der Waals surface area contributed by atoms with Crippen molar-refractivity contribution in [3.05, 3.63) is 33.8 Å². The van der Waals surface area contributed by atoms with Crippen LogP contribution in [0.5, 0.6) is 0 Å². The SMILES string of the molecule is CC(NC(C)C(C)C)c1cc(Cl)ccc1Cl. The Bertz CT molecular complexity index is 350. The predicted octanol–water partition coefficient (Wildman–Crippen LogP) is 4.69. The molecule has 0 saturated heterocycles. The number of nitrogens with one attached hydrogen (secondary N) is 1. The zero-order valence-electron chi connectivity index (χ0n) is 10.2. The summed E-state index contributed by atoms with van der Waals surface area (Å²) in [7, 11) is 0. The van der Waals surface area contributed by atoms with Gasteiger partial charge in [0, 0.05) is 22.1 Å². The van der Waals surface area contributed by atoms with Crippen molar-refractivity contribution >= 4 is 23.2 Å². The van der Waals surface area contributed by atoms with Gasteiger partial charge in [0.25, 0.3) is 0 Å². The first-order chi connectivity index (χ1) is 7.41. The van der Waals surface area contributed by atoms with Crippen LogP contribution in [-0.2, 0) is 0 Å². The number of hydrogen-bond acceptors (Lipinski definition) is 1. The molecule has 1 aromatic rings. The van der Waals surface area contributed by atoms with Crippen molar-refractivity contribution in [2.45, 2.75) is 39.8 Å². The Balaban J connectivity index is 2.80. The molecule has 2 atom stereocenters. The van der Waals surface area contributed by atoms with Crippen molar-refractivity contribution in [3.8, 4) is 0 Å². The van der Waals surface area contributed by atoms with Crippen LogP contribution in [0.4, 0.5) is 0 Å². The van der Waals surface area contributed by atoms with Gasteiger partial charge < -0.3 is 5.32 Å². The average Bonchev–Trinajstić information content (AvgIpc) is 2.21. The third kappa shape index (κ3) is 3.65. The fourth-order valence-electron chi connectivity index (χ4n) is 1.52. The number of halogens is 2. The van der Waals surface area contributed by atoms with Crippen LogP contribution in [0, 0.1) is 5.92 Å². The van der Waals surface area contributed by atoms with Gasteiger partial charge in [-0.3, -0.25) is 0 Å². The van der Waals surface area contributed by atoms with E-state index in [4.69, 9.17) is 23.2 Å². The van der Waals surface area contributed by atoms with E-state index in [0.29, 0.717) is 12.0 Å². The maximum Gasteiger partial charge on any atom is 0.0454 e. The summed E-state index contributed by atoms with van der Waals surface area (Å²) < 4.78 is 0. The molecule has 0 amide bonds. The van der Waals surface area contributed by atoms with E-state index in [1.54, 1.807) is 0 Å². The fraction of sp³-hybridized carbons (Fsp3) is 0.538. The lowest BCUT2D eigenvalue weighted by atomic mass is 10.0. The van der Waals surface area contributed by atoms with Gasteiger partial charge >= 0.3 is 0 Å². The maximum atomic E-state index is 6.16. The van der Waals surface area contributed by atoms with Gasteiger partial charge in [0.1, 0.15) is 0 Å². The second-order valence-corrected chi connectivity index (χ2v) is 5.43. The van der Waals surface area contributed by atoms with Crippen molar-refractivity contribution in [2.24, 2.45) is 5.92 Å². The monoisotopic (exact) mass is 259 g/mol. The molecular formula is C13H19Cl2N. The third-order valence-electron chi connectivity index (χ3n) is 2.94. The second-order valence-electron chi connectivity index (χ2n) is 4.59. The number of rotatable bonds is 4. The lowest BCUT2D eigenvalue weighted by Crippen LogP contribution is -2.33. The van der Waals surface area contributed by atoms with E-state index in [2.05, 4.69) is 33.0 Å². The van der Waals surface area contributed by atoms with Crippen molar-refractivity contribution in [3.63, 3.8) is 0 Å². The van der Waals surface area contributed by atoms with Crippen LogP contribution in [0.1, 0.15) is 39.3 Å². The second kappa shape index (κ2) is 5.90. The highest BCUT2D eigenvalue weighted by Gasteiger charge is 2.14. The van der Waals surface area contributed by atoms with Crippen LogP contribution in [0.25, 0.3) is 0 Å². The summed E-state index contributed by atoms with van der Waals surface area (Å²) in [4.78, 5) is 0. The Morgan fingerprint density at radius 1 is 1.06 bits per heavy atom. The van der Waals surface area contributed by atoms with Crippen LogP contribution in [-0.4, -0.2) is 6.04 Å². The minimum atomic E-state index is 0.212. The quantitative estimate of drug-likeness (QED) is 0.828. The molecule has 3 heteroatoms. The molecule has 1 N–H and O–H groups in total. The Labute approximate surface area is 108 Å². The van der Waals surface area contributed by atoms with E-state index in [-0.39, 0.29) is 6.04 Å². The Hall–Kier alpha value is -0.240. The van der Waals surface area contributed by atoms with Gasteiger partial charge in [-0.05, 0) is 43.5 Å². The van der Waals surface area contributed by atoms with E-state index < -0.39 is 0 Å². The van der Waals surface area contributed by atoms with Gasteiger partial charge in [0.15, 0.2) is 0 Å². The van der Waals surface area contributed by atoms with E-state index in [1.165, 1.54) is 0 Å². The molecule has 0 heterocycles. The van der Waals surface area contributed by atoms with Gasteiger partial charge in [0.2, 0.25) is 0 Å². The van der Waals surface area contributed by atoms with Gasteiger partial charge in [0.05, 0.1) is 0 Å². The van der Waals surface area contributed by atoms with Crippen molar-refractivity contribution in [1.82, 2.24) is 5.32 Å². The lowest BCUT2D eigenvalue weighted by Gasteiger charge is -2.24. The molecule has 0 aromatic heterocycles. The normalized spacial score (nSPS) is 15.2. The molecule has 0 radical (unpaired) electrons. The first-order valence-electron chi connectivity index (χ1n) is 5.62. The molecule has 0 aliphatic carbocycles. The van der Waals surface area contributed by atoms with Crippen molar-refractivity contribution in [1.29, 1.82) is 0 Å². The van der Waals surface area contributed by atoms with Crippen LogP contribution < -0.4 is 5.32 Å². The van der Waals surface area contributed by atoms with Gasteiger partial charge in [-0.15, -0.1) is 0 Å². The largest absolute Gasteiger partial charge is 0.307 e. The van der Waals surface area contributed by atoms with Crippen LogP contribution in [0.2, 0.25) is 10.0 Å². The third-order valence-corrected chi connectivity index (χ3v) is 3.52. The lowest BCUT2D eigenvalue weighted by molar-refractivity contribution is 0.389. The zero-order chi connectivity index (χ0) is 12.3. The zero-order valence-corrected chi connectivity index (χ0v) is 11.7. The minimum Gasteiger partial charge on any atom is -0.307 e. The molecule has 1 rings (SSSR count). The summed E-state index contributed by atoms with van der Waals surface area (Å²) in [5.74, 6) is 0.598. The van der Waals surface area contributed by atoms with Crippen LogP contribution in [0.3, 0.4) is 0 Å². The van der Waals surface area contributed by atoms with Gasteiger partial charge in [-0.1, -0.05) is 37.0 Å². The molecule has 90 valence electrons. The van der Waals surface area contributed by atoms with Crippen LogP contribution in [0.15, 0.2) is 18.2 Å². The molecule has 0 bridgehead atoms. The summed E-state index contributed by atoms with van der Waals surface area (Å²) in [6.45, 7) is 8.68. The Kier molecular flexibility index (Phi) is 5.10. The number of benzene rings is 1. The van der Waals surface area contributed by atoms with E-state index in [9.17, 15) is 0 Å². The van der Waals surface area contributed by atoms with E-state index in [1.807, 2.05) is 18.2 Å². The van der Waals surface area contributed by atoms with E-state index in [0.717, 1.165) is 15.6 Å². The standard InChI is InChI=1S/C13H19Cl2N/c1-8(2)9(3)16-10(4)12-7-11(14)5-6-13(12)15/h5-10,16H,1-4H3. The number of hydrogen-bond donors (Lipinski definition) is 1. The molecule has 16 heavy (non-hydrogen) atoms. The van der Waals surface area contributed by atoms with E-state index >= 15 is 0 Å². The molecule has 0 saturated carbocycles. The molecular weight excluding hydrogens is 241 g/mol. The molecule has 0 aliphatic heterocycles. The predicted molar refractivity (Wildman–Crippen MR) is 72.3 cm³/mol. The minimum absolute atomic E-state index is 0.212. The van der Waals surface area contributed by atoms with Crippen molar-refractivity contribution < 1.29 is 0 Å². The summed E-state index contributed by atoms with van der Waals surface area (Å²) in [5.41, 5.74) is 1.06. The molecule has 0 fully saturated rings. The Morgan fingerprint density at radius 2 is 1.69 bits per heavy atom. The fourth-order valence-corrected chi connectivity index (χ4v) is 1.98. The first-order valence-corrected chi connectivity index (χ1v) is 6.38. The molecule has 2 unspecified atom stereocenters. The van der Waals surface area contributed by atoms with Crippen LogP contribution >= 0.6 is 23.2 Å². The average molecular weight is 260 g/mol. The maximum absolute atomic E-state index is 6.16. The summed E-state index contributed by atoms with van der Waals surface area (Å²) >= 11 is 12.1. The smallest absolute Gasteiger partial charge is 0.0454 e. The van der Waals surface area contributed by atoms with Crippen molar-refractivity contribution in [2.75, 3.05) is 0 Å². The highest BCUT2D eigenvalue weighted by atomic mass is 35.5. The molecule has 1 nitrogen and oxygen atoms in total. The molecule has 0 spiro atoms. The summed E-state index contributed by atoms with van der Waals surface area (Å²) in [6, 6.07) is 6.24.